The summed E-state index contributed by atoms with van der Waals surface area (Å²) in [6.07, 6.45) is -3.50. The number of para-hydroxylation sites is 1. The Bertz CT molecular complexity index is 882. The molecule has 0 atom stereocenters. The maximum Gasteiger partial charge on any atom is 0.416 e. The van der Waals surface area contributed by atoms with Gasteiger partial charge in [-0.2, -0.15) is 18.3 Å². The van der Waals surface area contributed by atoms with Gasteiger partial charge in [-0.3, -0.25) is 9.59 Å². The molecule has 27 heavy (non-hydrogen) atoms. The fourth-order valence-electron chi connectivity index (χ4n) is 1.98. The first kappa shape index (κ1) is 19.8. The van der Waals surface area contributed by atoms with Crippen molar-refractivity contribution in [2.24, 2.45) is 5.10 Å². The number of rotatable bonds is 4. The summed E-state index contributed by atoms with van der Waals surface area (Å²) in [5, 5.41) is 15.4. The number of hydrazone groups is 1. The SMILES string of the molecule is COc1cccc(C=NNC(=O)C(=O)Nc2cccc(C(F)(F)F)c2)c1O. The van der Waals surface area contributed by atoms with Crippen LogP contribution in [0.2, 0.25) is 0 Å². The van der Waals surface area contributed by atoms with Gasteiger partial charge in [0.15, 0.2) is 11.5 Å². The summed E-state index contributed by atoms with van der Waals surface area (Å²) in [7, 11) is 1.36. The fourth-order valence-corrected chi connectivity index (χ4v) is 1.98. The van der Waals surface area contributed by atoms with E-state index in [-0.39, 0.29) is 22.7 Å². The number of ether oxygens (including phenoxy) is 1. The Balaban J connectivity index is 2.00. The summed E-state index contributed by atoms with van der Waals surface area (Å²) in [6, 6.07) is 8.40. The van der Waals surface area contributed by atoms with Gasteiger partial charge in [-0.05, 0) is 30.3 Å². The number of phenolic OH excluding ortho intramolecular Hbond substituents is 1. The van der Waals surface area contributed by atoms with Gasteiger partial charge in [-0.1, -0.05) is 12.1 Å². The molecular formula is C17H14F3N3O4. The van der Waals surface area contributed by atoms with Crippen molar-refractivity contribution in [2.75, 3.05) is 12.4 Å². The Labute approximate surface area is 151 Å². The average molecular weight is 381 g/mol. The molecule has 142 valence electrons. The third-order valence-electron chi connectivity index (χ3n) is 3.27. The first-order valence-electron chi connectivity index (χ1n) is 7.40. The molecule has 7 nitrogen and oxygen atoms in total. The minimum atomic E-state index is -4.58. The summed E-state index contributed by atoms with van der Waals surface area (Å²) in [6.45, 7) is 0. The lowest BCUT2D eigenvalue weighted by atomic mass is 10.2. The van der Waals surface area contributed by atoms with Crippen molar-refractivity contribution in [3.05, 3.63) is 53.6 Å². The highest BCUT2D eigenvalue weighted by Gasteiger charge is 2.30. The maximum absolute atomic E-state index is 12.6. The van der Waals surface area contributed by atoms with Gasteiger partial charge < -0.3 is 15.2 Å². The summed E-state index contributed by atoms with van der Waals surface area (Å²) >= 11 is 0. The highest BCUT2D eigenvalue weighted by atomic mass is 19.4. The van der Waals surface area contributed by atoms with Crippen molar-refractivity contribution >= 4 is 23.7 Å². The molecule has 0 saturated heterocycles. The number of methoxy groups -OCH3 is 1. The van der Waals surface area contributed by atoms with Crippen molar-refractivity contribution in [3.63, 3.8) is 0 Å². The molecule has 3 N–H and O–H groups in total. The van der Waals surface area contributed by atoms with E-state index in [0.29, 0.717) is 6.07 Å². The van der Waals surface area contributed by atoms with Crippen LogP contribution in [0.5, 0.6) is 11.5 Å². The Morgan fingerprint density at radius 1 is 1.15 bits per heavy atom. The highest BCUT2D eigenvalue weighted by molar-refractivity contribution is 6.39. The molecule has 0 radical (unpaired) electrons. The molecule has 0 spiro atoms. The molecule has 0 bridgehead atoms. The Morgan fingerprint density at radius 2 is 1.85 bits per heavy atom. The van der Waals surface area contributed by atoms with Gasteiger partial charge in [0.1, 0.15) is 0 Å². The number of carbonyl (C=O) groups excluding carboxylic acids is 2. The number of hydrogen-bond donors (Lipinski definition) is 3. The van der Waals surface area contributed by atoms with Crippen molar-refractivity contribution in [3.8, 4) is 11.5 Å². The Hall–Kier alpha value is -3.56. The van der Waals surface area contributed by atoms with Crippen LogP contribution in [0.25, 0.3) is 0 Å². The minimum Gasteiger partial charge on any atom is -0.504 e. The minimum absolute atomic E-state index is 0.188. The van der Waals surface area contributed by atoms with Gasteiger partial charge in [0.25, 0.3) is 0 Å². The number of alkyl halides is 3. The molecule has 0 heterocycles. The van der Waals surface area contributed by atoms with Crippen LogP contribution < -0.4 is 15.5 Å². The number of phenols is 1. The van der Waals surface area contributed by atoms with Gasteiger partial charge in [0.05, 0.1) is 18.9 Å². The second kappa shape index (κ2) is 8.21. The third kappa shape index (κ3) is 5.21. The molecule has 0 aliphatic heterocycles. The van der Waals surface area contributed by atoms with Crippen LogP contribution in [-0.2, 0) is 15.8 Å². The molecule has 0 saturated carbocycles. The van der Waals surface area contributed by atoms with Crippen molar-refractivity contribution in [1.29, 1.82) is 0 Å². The van der Waals surface area contributed by atoms with E-state index in [1.54, 1.807) is 6.07 Å². The van der Waals surface area contributed by atoms with E-state index >= 15 is 0 Å². The molecule has 10 heteroatoms. The van der Waals surface area contributed by atoms with Crippen LogP contribution in [0.15, 0.2) is 47.6 Å². The lowest BCUT2D eigenvalue weighted by Crippen LogP contribution is -2.32. The van der Waals surface area contributed by atoms with E-state index in [0.717, 1.165) is 18.3 Å². The molecule has 0 aliphatic rings. The van der Waals surface area contributed by atoms with Crippen molar-refractivity contribution in [2.45, 2.75) is 6.18 Å². The number of nitrogens with one attached hydrogen (secondary N) is 2. The van der Waals surface area contributed by atoms with Crippen LogP contribution >= 0.6 is 0 Å². The number of benzene rings is 2. The van der Waals surface area contributed by atoms with Crippen molar-refractivity contribution < 1.29 is 32.6 Å². The smallest absolute Gasteiger partial charge is 0.416 e. The molecule has 2 rings (SSSR count). The molecular weight excluding hydrogens is 367 g/mol. The molecule has 0 aliphatic carbocycles. The zero-order chi connectivity index (χ0) is 20.0. The number of nitrogens with zero attached hydrogens (tertiary/aromatic N) is 1. The summed E-state index contributed by atoms with van der Waals surface area (Å²) in [4.78, 5) is 23.4. The van der Waals surface area contributed by atoms with Crippen LogP contribution in [0.1, 0.15) is 11.1 Å². The monoisotopic (exact) mass is 381 g/mol. The van der Waals surface area contributed by atoms with Gasteiger partial charge in [-0.15, -0.1) is 0 Å². The van der Waals surface area contributed by atoms with Crippen LogP contribution in [0, 0.1) is 0 Å². The lowest BCUT2D eigenvalue weighted by Gasteiger charge is -2.09. The second-order valence-corrected chi connectivity index (χ2v) is 5.13. The zero-order valence-electron chi connectivity index (χ0n) is 13.9. The predicted molar refractivity (Wildman–Crippen MR) is 90.5 cm³/mol. The fraction of sp³-hybridized carbons (Fsp3) is 0.118. The highest BCUT2D eigenvalue weighted by Crippen LogP contribution is 2.30. The van der Waals surface area contributed by atoms with Gasteiger partial charge in [0.2, 0.25) is 0 Å². The number of amides is 2. The van der Waals surface area contributed by atoms with Gasteiger partial charge >= 0.3 is 18.0 Å². The van der Waals surface area contributed by atoms with E-state index in [1.165, 1.54) is 25.3 Å². The van der Waals surface area contributed by atoms with E-state index in [1.807, 2.05) is 10.7 Å². The average Bonchev–Trinajstić information content (AvgIpc) is 2.62. The number of anilines is 1. The molecule has 2 amide bonds. The normalized spacial score (nSPS) is 11.3. The quantitative estimate of drug-likeness (QED) is 0.430. The second-order valence-electron chi connectivity index (χ2n) is 5.13. The Morgan fingerprint density at radius 3 is 2.52 bits per heavy atom. The summed E-state index contributed by atoms with van der Waals surface area (Å²) in [5.41, 5.74) is 0.960. The van der Waals surface area contributed by atoms with Crippen molar-refractivity contribution in [1.82, 2.24) is 5.43 Å². The van der Waals surface area contributed by atoms with E-state index in [2.05, 4.69) is 5.10 Å². The number of carbonyl (C=O) groups is 2. The molecule has 0 fully saturated rings. The van der Waals surface area contributed by atoms with Crippen LogP contribution in [-0.4, -0.2) is 30.2 Å². The van der Waals surface area contributed by atoms with Crippen LogP contribution in [0.3, 0.4) is 0 Å². The van der Waals surface area contributed by atoms with E-state index in [4.69, 9.17) is 4.74 Å². The third-order valence-corrected chi connectivity index (χ3v) is 3.27. The first-order chi connectivity index (χ1) is 12.7. The summed E-state index contributed by atoms with van der Waals surface area (Å²) < 4.78 is 42.8. The van der Waals surface area contributed by atoms with Gasteiger partial charge in [0, 0.05) is 11.3 Å². The number of aromatic hydroxyl groups is 1. The molecule has 0 unspecified atom stereocenters. The van der Waals surface area contributed by atoms with Crippen LogP contribution in [0.4, 0.5) is 18.9 Å². The van der Waals surface area contributed by atoms with Gasteiger partial charge in [-0.25, -0.2) is 5.43 Å². The maximum atomic E-state index is 12.6. The zero-order valence-corrected chi connectivity index (χ0v) is 13.9. The Kier molecular flexibility index (Phi) is 6.01. The first-order valence-corrected chi connectivity index (χ1v) is 7.40. The summed E-state index contributed by atoms with van der Waals surface area (Å²) in [5.74, 6) is -2.44. The molecule has 2 aromatic rings. The molecule has 2 aromatic carbocycles. The van der Waals surface area contributed by atoms with E-state index in [9.17, 15) is 27.9 Å². The predicted octanol–water partition coefficient (Wildman–Crippen LogP) is 2.51. The largest absolute Gasteiger partial charge is 0.504 e. The number of hydrogen-bond acceptors (Lipinski definition) is 5. The number of halogens is 3. The topological polar surface area (TPSA) is 100 Å². The van der Waals surface area contributed by atoms with E-state index < -0.39 is 23.6 Å². The standard InChI is InChI=1S/C17H14F3N3O4/c1-27-13-7-2-4-10(14(13)24)9-21-23-16(26)15(25)22-12-6-3-5-11(8-12)17(18,19)20/h2-9,24H,1H3,(H,22,25)(H,23,26). The lowest BCUT2D eigenvalue weighted by molar-refractivity contribution is -0.137. The molecule has 0 aromatic heterocycles.